The molecular formula is C21H32N2O3S. The molecule has 1 aromatic rings. The molecule has 1 saturated heterocycles. The lowest BCUT2D eigenvalue weighted by Crippen LogP contribution is -2.44. The Balaban J connectivity index is 1.61. The molecule has 0 bridgehead atoms. The molecule has 3 rings (SSSR count). The first-order valence-electron chi connectivity index (χ1n) is 10.3. The van der Waals surface area contributed by atoms with Crippen molar-refractivity contribution in [1.29, 1.82) is 0 Å². The second-order valence-corrected chi connectivity index (χ2v) is 9.91. The third-order valence-electron chi connectivity index (χ3n) is 5.91. The lowest BCUT2D eigenvalue weighted by atomic mass is 9.90. The summed E-state index contributed by atoms with van der Waals surface area (Å²) in [6, 6.07) is 6.91. The highest BCUT2D eigenvalue weighted by Crippen LogP contribution is 2.27. The van der Waals surface area contributed by atoms with Gasteiger partial charge in [0.25, 0.3) is 0 Å². The Morgan fingerprint density at radius 2 is 1.78 bits per heavy atom. The number of hydrogen-bond donors (Lipinski definition) is 1. The summed E-state index contributed by atoms with van der Waals surface area (Å²) in [5.41, 5.74) is 0.935. The quantitative estimate of drug-likeness (QED) is 0.832. The fourth-order valence-electron chi connectivity index (χ4n) is 4.32. The molecular weight excluding hydrogens is 360 g/mol. The number of amides is 1. The maximum Gasteiger partial charge on any atom is 0.243 e. The second kappa shape index (κ2) is 9.20. The molecule has 1 unspecified atom stereocenters. The molecule has 2 fully saturated rings. The van der Waals surface area contributed by atoms with Gasteiger partial charge in [-0.1, -0.05) is 44.2 Å². The Morgan fingerprint density at radius 1 is 1.07 bits per heavy atom. The smallest absolute Gasteiger partial charge is 0.243 e. The summed E-state index contributed by atoms with van der Waals surface area (Å²) < 4.78 is 27.7. The van der Waals surface area contributed by atoms with Gasteiger partial charge in [0, 0.05) is 25.0 Å². The number of carbonyl (C=O) groups excluding carboxylic acids is 1. The molecule has 150 valence electrons. The summed E-state index contributed by atoms with van der Waals surface area (Å²) in [5, 5.41) is 3.06. The Bertz CT molecular complexity index is 740. The number of hydrogen-bond acceptors (Lipinski definition) is 3. The van der Waals surface area contributed by atoms with Crippen molar-refractivity contribution in [2.24, 2.45) is 5.92 Å². The van der Waals surface area contributed by atoms with Crippen LogP contribution in [0.5, 0.6) is 0 Å². The molecule has 1 amide bonds. The Hall–Kier alpha value is -1.40. The summed E-state index contributed by atoms with van der Waals surface area (Å²) in [6.07, 6.45) is 9.52. The van der Waals surface area contributed by atoms with Crippen molar-refractivity contribution in [2.45, 2.75) is 75.6 Å². The van der Waals surface area contributed by atoms with Crippen molar-refractivity contribution in [3.05, 3.63) is 29.8 Å². The van der Waals surface area contributed by atoms with Gasteiger partial charge in [-0.05, 0) is 50.3 Å². The van der Waals surface area contributed by atoms with E-state index in [0.717, 1.165) is 44.1 Å². The molecule has 1 N–H and O–H groups in total. The van der Waals surface area contributed by atoms with Gasteiger partial charge in [0.15, 0.2) is 0 Å². The van der Waals surface area contributed by atoms with Gasteiger partial charge < -0.3 is 5.32 Å². The molecule has 5 nitrogen and oxygen atoms in total. The van der Waals surface area contributed by atoms with E-state index in [1.807, 2.05) is 13.0 Å². The monoisotopic (exact) mass is 392 g/mol. The van der Waals surface area contributed by atoms with Gasteiger partial charge in [-0.2, -0.15) is 4.31 Å². The first kappa shape index (κ1) is 20.3. The van der Waals surface area contributed by atoms with E-state index in [0.29, 0.717) is 18.0 Å². The first-order valence-corrected chi connectivity index (χ1v) is 11.8. The normalized spacial score (nSPS) is 22.9. The maximum atomic E-state index is 13.0. The lowest BCUT2D eigenvalue weighted by molar-refractivity contribution is -0.125. The van der Waals surface area contributed by atoms with Crippen LogP contribution in [0.1, 0.15) is 63.4 Å². The van der Waals surface area contributed by atoms with E-state index in [2.05, 4.69) is 5.32 Å². The van der Waals surface area contributed by atoms with Gasteiger partial charge in [0.05, 0.1) is 4.90 Å². The van der Waals surface area contributed by atoms with Gasteiger partial charge >= 0.3 is 0 Å². The van der Waals surface area contributed by atoms with Crippen molar-refractivity contribution in [1.82, 2.24) is 9.62 Å². The fraction of sp³-hybridized carbons (Fsp3) is 0.667. The van der Waals surface area contributed by atoms with Gasteiger partial charge in [0.2, 0.25) is 15.9 Å². The van der Waals surface area contributed by atoms with Crippen LogP contribution in [0.3, 0.4) is 0 Å². The number of aryl methyl sites for hydroxylation is 1. The van der Waals surface area contributed by atoms with Crippen LogP contribution in [-0.2, 0) is 14.8 Å². The summed E-state index contributed by atoms with van der Waals surface area (Å²) in [5.74, 6) is 0.199. The average molecular weight is 393 g/mol. The largest absolute Gasteiger partial charge is 0.354 e. The van der Waals surface area contributed by atoms with Gasteiger partial charge in [0.1, 0.15) is 0 Å². The zero-order valence-electron chi connectivity index (χ0n) is 16.3. The molecule has 0 radical (unpaired) electrons. The lowest BCUT2D eigenvalue weighted by Gasteiger charge is -2.26. The summed E-state index contributed by atoms with van der Waals surface area (Å²) in [7, 11) is -3.51. The van der Waals surface area contributed by atoms with E-state index in [1.54, 1.807) is 22.5 Å². The van der Waals surface area contributed by atoms with Gasteiger partial charge in [-0.3, -0.25) is 4.79 Å². The molecule has 27 heavy (non-hydrogen) atoms. The number of nitrogens with zero attached hydrogens (tertiary/aromatic N) is 1. The molecule has 1 heterocycles. The summed E-state index contributed by atoms with van der Waals surface area (Å²) in [4.78, 5) is 13.0. The minimum atomic E-state index is -3.51. The SMILES string of the molecule is Cc1cccc(S(=O)(=O)N2CCCC2CNC(=O)C2CCCCCCC2)c1. The van der Waals surface area contributed by atoms with E-state index in [4.69, 9.17) is 0 Å². The Morgan fingerprint density at radius 3 is 2.48 bits per heavy atom. The molecule has 2 aliphatic rings. The molecule has 1 aromatic carbocycles. The number of benzene rings is 1. The van der Waals surface area contributed by atoms with Crippen LogP contribution in [0.15, 0.2) is 29.2 Å². The summed E-state index contributed by atoms with van der Waals surface area (Å²) in [6.45, 7) is 2.84. The number of carbonyl (C=O) groups is 1. The highest BCUT2D eigenvalue weighted by Gasteiger charge is 2.35. The van der Waals surface area contributed by atoms with Crippen molar-refractivity contribution in [3.8, 4) is 0 Å². The molecule has 6 heteroatoms. The zero-order valence-corrected chi connectivity index (χ0v) is 17.1. The standard InChI is InChI=1S/C21H32N2O3S/c1-17-9-7-13-20(15-17)27(25,26)23-14-8-12-19(23)16-22-21(24)18-10-5-3-2-4-6-11-18/h7,9,13,15,18-19H,2-6,8,10-12,14,16H2,1H3,(H,22,24). The second-order valence-electron chi connectivity index (χ2n) is 8.02. The van der Waals surface area contributed by atoms with E-state index < -0.39 is 10.0 Å². The first-order chi connectivity index (χ1) is 13.0. The molecule has 1 saturated carbocycles. The molecule has 1 aliphatic heterocycles. The zero-order chi connectivity index (χ0) is 19.3. The van der Waals surface area contributed by atoms with E-state index in [9.17, 15) is 13.2 Å². The van der Waals surface area contributed by atoms with Crippen LogP contribution < -0.4 is 5.32 Å². The molecule has 1 atom stereocenters. The van der Waals surface area contributed by atoms with Crippen LogP contribution in [0, 0.1) is 12.8 Å². The van der Waals surface area contributed by atoms with Crippen molar-refractivity contribution >= 4 is 15.9 Å². The van der Waals surface area contributed by atoms with E-state index in [1.165, 1.54) is 19.3 Å². The van der Waals surface area contributed by atoms with Gasteiger partial charge in [-0.15, -0.1) is 0 Å². The molecule has 0 aromatic heterocycles. The highest BCUT2D eigenvalue weighted by molar-refractivity contribution is 7.89. The number of nitrogens with one attached hydrogen (secondary N) is 1. The Labute approximate surface area is 163 Å². The van der Waals surface area contributed by atoms with Gasteiger partial charge in [-0.25, -0.2) is 8.42 Å². The predicted octanol–water partition coefficient (Wildman–Crippen LogP) is 3.62. The molecule has 1 aliphatic carbocycles. The predicted molar refractivity (Wildman–Crippen MR) is 107 cm³/mol. The highest BCUT2D eigenvalue weighted by atomic mass is 32.2. The summed E-state index contributed by atoms with van der Waals surface area (Å²) >= 11 is 0. The topological polar surface area (TPSA) is 66.5 Å². The minimum Gasteiger partial charge on any atom is -0.354 e. The van der Waals surface area contributed by atoms with Crippen LogP contribution >= 0.6 is 0 Å². The van der Waals surface area contributed by atoms with Crippen LogP contribution in [-0.4, -0.2) is 37.8 Å². The fourth-order valence-corrected chi connectivity index (χ4v) is 6.12. The molecule has 0 spiro atoms. The minimum absolute atomic E-state index is 0.0912. The number of rotatable bonds is 5. The van der Waals surface area contributed by atoms with Crippen LogP contribution in [0.4, 0.5) is 0 Å². The van der Waals surface area contributed by atoms with Crippen molar-refractivity contribution < 1.29 is 13.2 Å². The van der Waals surface area contributed by atoms with E-state index >= 15 is 0 Å². The maximum absolute atomic E-state index is 13.0. The third kappa shape index (κ3) is 5.11. The van der Waals surface area contributed by atoms with Crippen molar-refractivity contribution in [2.75, 3.05) is 13.1 Å². The number of sulfonamides is 1. The Kier molecular flexibility index (Phi) is 6.93. The third-order valence-corrected chi connectivity index (χ3v) is 7.85. The van der Waals surface area contributed by atoms with Crippen LogP contribution in [0.25, 0.3) is 0 Å². The average Bonchev–Trinajstić information content (AvgIpc) is 3.09. The van der Waals surface area contributed by atoms with E-state index in [-0.39, 0.29) is 17.9 Å². The van der Waals surface area contributed by atoms with Crippen molar-refractivity contribution in [3.63, 3.8) is 0 Å². The van der Waals surface area contributed by atoms with Crippen LogP contribution in [0.2, 0.25) is 0 Å².